The van der Waals surface area contributed by atoms with Gasteiger partial charge in [-0.3, -0.25) is 5.10 Å². The minimum absolute atomic E-state index is 0.188. The monoisotopic (exact) mass is 276 g/mol. The number of hydrogen-bond acceptors (Lipinski definition) is 6. The fourth-order valence-corrected chi connectivity index (χ4v) is 1.47. The summed E-state index contributed by atoms with van der Waals surface area (Å²) in [5.41, 5.74) is 1.29. The van der Waals surface area contributed by atoms with Crippen LogP contribution in [0.3, 0.4) is 0 Å². The Balaban J connectivity index is 1.86. The van der Waals surface area contributed by atoms with Gasteiger partial charge in [-0.05, 0) is 18.6 Å². The summed E-state index contributed by atoms with van der Waals surface area (Å²) in [6, 6.07) is 5.91. The quantitative estimate of drug-likeness (QED) is 0.630. The highest BCUT2D eigenvalue weighted by atomic mass is 16.6. The van der Waals surface area contributed by atoms with Crippen molar-refractivity contribution in [2.45, 2.75) is 19.8 Å². The summed E-state index contributed by atoms with van der Waals surface area (Å²) in [5, 5.41) is 9.98. The van der Waals surface area contributed by atoms with E-state index in [1.807, 2.05) is 6.92 Å². The first-order valence-corrected chi connectivity index (χ1v) is 6.26. The van der Waals surface area contributed by atoms with Crippen LogP contribution in [-0.4, -0.2) is 40.6 Å². The molecule has 1 aromatic carbocycles. The number of benzene rings is 1. The number of rotatable bonds is 6. The van der Waals surface area contributed by atoms with Gasteiger partial charge in [-0.15, -0.1) is 5.10 Å². The highest BCUT2D eigenvalue weighted by Gasteiger charge is 2.12. The molecule has 1 N–H and O–H groups in total. The van der Waals surface area contributed by atoms with Gasteiger partial charge in [0.05, 0.1) is 17.7 Å². The molecule has 1 radical (unpaired) electrons. The molecule has 0 saturated carbocycles. The predicted octanol–water partition coefficient (Wildman–Crippen LogP) is 1.26. The van der Waals surface area contributed by atoms with E-state index in [1.54, 1.807) is 6.07 Å². The second-order valence-electron chi connectivity index (χ2n) is 4.10. The molecule has 0 aliphatic heterocycles. The zero-order chi connectivity index (χ0) is 14.4. The molecule has 0 fully saturated rings. The number of nitrogens with zero attached hydrogens (tertiary/aromatic N) is 2. The Morgan fingerprint density at radius 1 is 1.35 bits per heavy atom. The Hall–Kier alpha value is -2.44. The van der Waals surface area contributed by atoms with Crippen LogP contribution >= 0.6 is 0 Å². The molecular formula is C13H14N3O4. The van der Waals surface area contributed by atoms with E-state index in [-0.39, 0.29) is 5.56 Å². The number of fused-ring (bicyclic) bond motifs is 1. The Morgan fingerprint density at radius 3 is 3.00 bits per heavy atom. The number of carbonyl (C=O) groups excluding carboxylic acids is 2. The molecule has 0 saturated heterocycles. The van der Waals surface area contributed by atoms with Gasteiger partial charge in [-0.1, -0.05) is 18.6 Å². The average Bonchev–Trinajstić information content (AvgIpc) is 2.92. The van der Waals surface area contributed by atoms with E-state index in [2.05, 4.69) is 21.5 Å². The smallest absolute Gasteiger partial charge is 0.344 e. The summed E-state index contributed by atoms with van der Waals surface area (Å²) in [6.45, 7) is 1.92. The van der Waals surface area contributed by atoms with Crippen molar-refractivity contribution in [3.63, 3.8) is 0 Å². The van der Waals surface area contributed by atoms with Crippen LogP contribution < -0.4 is 0 Å². The number of H-pyrrole nitrogens is 1. The lowest BCUT2D eigenvalue weighted by molar-refractivity contribution is -0.147. The van der Waals surface area contributed by atoms with Crippen LogP contribution in [0, 0.1) is 6.07 Å². The topological polar surface area (TPSA) is 94.2 Å². The van der Waals surface area contributed by atoms with Crippen molar-refractivity contribution >= 4 is 23.0 Å². The van der Waals surface area contributed by atoms with Crippen LogP contribution in [-0.2, 0) is 14.3 Å². The fraction of sp³-hybridized carbons (Fsp3) is 0.385. The van der Waals surface area contributed by atoms with Crippen molar-refractivity contribution < 1.29 is 19.1 Å². The normalized spacial score (nSPS) is 10.4. The largest absolute Gasteiger partial charge is 0.463 e. The molecule has 0 aliphatic rings. The number of aromatic amines is 1. The van der Waals surface area contributed by atoms with Crippen molar-refractivity contribution in [3.8, 4) is 0 Å². The van der Waals surface area contributed by atoms with Crippen molar-refractivity contribution in [3.05, 3.63) is 23.8 Å². The summed E-state index contributed by atoms with van der Waals surface area (Å²) in [5.74, 6) is -1.21. The van der Waals surface area contributed by atoms with Crippen LogP contribution in [0.5, 0.6) is 0 Å². The van der Waals surface area contributed by atoms with Crippen LogP contribution in [0.4, 0.5) is 0 Å². The molecule has 0 aliphatic carbocycles. The van der Waals surface area contributed by atoms with E-state index in [0.29, 0.717) is 17.6 Å². The van der Waals surface area contributed by atoms with E-state index >= 15 is 0 Å². The summed E-state index contributed by atoms with van der Waals surface area (Å²) in [7, 11) is 0. The molecule has 0 spiro atoms. The molecule has 7 nitrogen and oxygen atoms in total. The molecule has 1 aromatic heterocycles. The average molecular weight is 276 g/mol. The van der Waals surface area contributed by atoms with Crippen LogP contribution in [0.1, 0.15) is 30.1 Å². The lowest BCUT2D eigenvalue weighted by Gasteiger charge is -2.05. The Bertz CT molecular complexity index is 608. The van der Waals surface area contributed by atoms with Crippen molar-refractivity contribution in [1.29, 1.82) is 0 Å². The van der Waals surface area contributed by atoms with Gasteiger partial charge >= 0.3 is 11.9 Å². The van der Waals surface area contributed by atoms with E-state index in [1.165, 1.54) is 6.07 Å². The summed E-state index contributed by atoms with van der Waals surface area (Å²) in [6.07, 6.45) is 1.72. The second-order valence-corrected chi connectivity index (χ2v) is 4.10. The molecular weight excluding hydrogens is 262 g/mol. The third-order valence-electron chi connectivity index (χ3n) is 2.55. The maximum absolute atomic E-state index is 11.7. The Labute approximate surface area is 115 Å². The molecule has 2 aromatic rings. The number of esters is 2. The number of aromatic nitrogens is 3. The van der Waals surface area contributed by atoms with E-state index in [4.69, 9.17) is 9.47 Å². The van der Waals surface area contributed by atoms with Gasteiger partial charge in [-0.25, -0.2) is 9.59 Å². The minimum atomic E-state index is -0.651. The van der Waals surface area contributed by atoms with Gasteiger partial charge < -0.3 is 9.47 Å². The first-order chi connectivity index (χ1) is 9.70. The first kappa shape index (κ1) is 14.0. The zero-order valence-corrected chi connectivity index (χ0v) is 11.0. The first-order valence-electron chi connectivity index (χ1n) is 6.26. The molecule has 7 heteroatoms. The highest BCUT2D eigenvalue weighted by molar-refractivity contribution is 5.93. The van der Waals surface area contributed by atoms with E-state index < -0.39 is 18.5 Å². The van der Waals surface area contributed by atoms with Gasteiger partial charge in [0.2, 0.25) is 0 Å². The van der Waals surface area contributed by atoms with E-state index in [0.717, 1.165) is 12.8 Å². The summed E-state index contributed by atoms with van der Waals surface area (Å²) >= 11 is 0. The van der Waals surface area contributed by atoms with Gasteiger partial charge in [-0.2, -0.15) is 0 Å². The van der Waals surface area contributed by atoms with Crippen LogP contribution in [0.15, 0.2) is 12.1 Å². The predicted molar refractivity (Wildman–Crippen MR) is 68.9 cm³/mol. The van der Waals surface area contributed by atoms with Gasteiger partial charge in [0, 0.05) is 6.07 Å². The van der Waals surface area contributed by atoms with Gasteiger partial charge in [0.25, 0.3) is 0 Å². The maximum atomic E-state index is 11.7. The van der Waals surface area contributed by atoms with Crippen LogP contribution in [0.25, 0.3) is 11.0 Å². The SMILES string of the molecule is CCCCOC(=O)COC(=O)c1[c]c2nn[nH]c2cc1. The molecule has 0 atom stereocenters. The molecule has 105 valence electrons. The number of ether oxygens (including phenoxy) is 2. The van der Waals surface area contributed by atoms with Gasteiger partial charge in [0.15, 0.2) is 6.61 Å². The van der Waals surface area contributed by atoms with Crippen molar-refractivity contribution in [2.24, 2.45) is 0 Å². The minimum Gasteiger partial charge on any atom is -0.463 e. The third kappa shape index (κ3) is 3.53. The van der Waals surface area contributed by atoms with Gasteiger partial charge in [0.1, 0.15) is 5.52 Å². The highest BCUT2D eigenvalue weighted by Crippen LogP contribution is 2.10. The summed E-state index contributed by atoms with van der Waals surface area (Å²) < 4.78 is 9.72. The Kier molecular flexibility index (Phi) is 4.65. The molecule has 0 amide bonds. The number of unbranched alkanes of at least 4 members (excludes halogenated alkanes) is 1. The number of hydrogen-bond donors (Lipinski definition) is 1. The molecule has 2 rings (SSSR count). The molecule has 20 heavy (non-hydrogen) atoms. The molecule has 0 unspecified atom stereocenters. The van der Waals surface area contributed by atoms with E-state index in [9.17, 15) is 9.59 Å². The molecule has 0 bridgehead atoms. The summed E-state index contributed by atoms with van der Waals surface area (Å²) in [4.78, 5) is 23.0. The van der Waals surface area contributed by atoms with Crippen LogP contribution in [0.2, 0.25) is 0 Å². The van der Waals surface area contributed by atoms with Crippen molar-refractivity contribution in [1.82, 2.24) is 15.4 Å². The second kappa shape index (κ2) is 6.65. The molecule has 1 heterocycles. The third-order valence-corrected chi connectivity index (χ3v) is 2.55. The lowest BCUT2D eigenvalue weighted by Crippen LogP contribution is -2.17. The lowest BCUT2D eigenvalue weighted by atomic mass is 10.2. The number of carbonyl (C=O) groups is 2. The van der Waals surface area contributed by atoms with Crippen molar-refractivity contribution in [2.75, 3.05) is 13.2 Å². The fourth-order valence-electron chi connectivity index (χ4n) is 1.47. The maximum Gasteiger partial charge on any atom is 0.344 e. The standard InChI is InChI=1S/C13H14N3O4/c1-2-3-6-19-12(17)8-20-13(18)9-4-5-10-11(7-9)15-16-14-10/h4-5H,2-3,6,8H2,1H3,(H,14,15,16). The number of nitrogens with one attached hydrogen (secondary N) is 1. The zero-order valence-electron chi connectivity index (χ0n) is 11.0. The Morgan fingerprint density at radius 2 is 2.20 bits per heavy atom.